The van der Waals surface area contributed by atoms with E-state index in [9.17, 15) is 5.11 Å². The van der Waals surface area contributed by atoms with E-state index in [1.165, 1.54) is 5.56 Å². The summed E-state index contributed by atoms with van der Waals surface area (Å²) >= 11 is 0. The van der Waals surface area contributed by atoms with Crippen molar-refractivity contribution in [3.05, 3.63) is 41.9 Å². The zero-order valence-corrected chi connectivity index (χ0v) is 15.0. The van der Waals surface area contributed by atoms with Crippen molar-refractivity contribution in [2.75, 3.05) is 0 Å². The van der Waals surface area contributed by atoms with Crippen LogP contribution in [0.5, 0.6) is 5.75 Å². The van der Waals surface area contributed by atoms with Gasteiger partial charge in [-0.2, -0.15) is 0 Å². The van der Waals surface area contributed by atoms with Gasteiger partial charge in [0.15, 0.2) is 0 Å². The predicted molar refractivity (Wildman–Crippen MR) is 95.4 cm³/mol. The molecule has 1 aromatic rings. The van der Waals surface area contributed by atoms with E-state index in [-0.39, 0.29) is 18.3 Å². The monoisotopic (exact) mass is 316 g/mol. The van der Waals surface area contributed by atoms with Crippen LogP contribution in [-0.4, -0.2) is 23.4 Å². The lowest BCUT2D eigenvalue weighted by Crippen LogP contribution is -2.41. The van der Waals surface area contributed by atoms with E-state index in [0.717, 1.165) is 19.3 Å². The molecule has 1 fully saturated rings. The first-order valence-corrected chi connectivity index (χ1v) is 8.50. The summed E-state index contributed by atoms with van der Waals surface area (Å²) in [6.07, 6.45) is 5.34. The van der Waals surface area contributed by atoms with Gasteiger partial charge in [0.25, 0.3) is 0 Å². The van der Waals surface area contributed by atoms with E-state index in [2.05, 4.69) is 40.7 Å². The van der Waals surface area contributed by atoms with Crippen LogP contribution in [0.25, 0.3) is 0 Å². The molecule has 1 atom stereocenters. The fourth-order valence-electron chi connectivity index (χ4n) is 2.58. The number of hydrogen-bond donors (Lipinski definition) is 1. The van der Waals surface area contributed by atoms with Gasteiger partial charge in [-0.1, -0.05) is 31.1 Å². The zero-order valence-electron chi connectivity index (χ0n) is 15.0. The third kappa shape index (κ3) is 4.86. The normalized spacial score (nSPS) is 21.0. The molecular weight excluding hydrogens is 287 g/mol. The Balaban J connectivity index is 1.74. The topological polar surface area (TPSA) is 38.7 Å². The molecule has 1 heterocycles. The summed E-state index contributed by atoms with van der Waals surface area (Å²) in [6.45, 7) is 10.5. The summed E-state index contributed by atoms with van der Waals surface area (Å²) < 4.78 is 11.9. The first-order chi connectivity index (χ1) is 10.7. The quantitative estimate of drug-likeness (QED) is 0.783. The van der Waals surface area contributed by atoms with E-state index in [0.29, 0.717) is 11.7 Å². The number of hydrogen-bond acceptors (Lipinski definition) is 3. The Morgan fingerprint density at radius 3 is 2.22 bits per heavy atom. The average Bonchev–Trinajstić information content (AvgIpc) is 2.66. The molecule has 0 amide bonds. The number of allylic oxidation sites excluding steroid dienone is 1. The standard InChI is InChI=1S/C19H29BO3/c1-15(8-9-16-10-12-17(21)13-11-16)7-6-14-20-22-18(2,3)19(4,5)23-20/h6,10-15,21H,7-9H2,1-5H3/b14-6+. The van der Waals surface area contributed by atoms with Crippen molar-refractivity contribution in [1.82, 2.24) is 0 Å². The van der Waals surface area contributed by atoms with Gasteiger partial charge in [0.1, 0.15) is 5.75 Å². The number of aromatic hydroxyl groups is 1. The van der Waals surface area contributed by atoms with Gasteiger partial charge in [0.05, 0.1) is 11.2 Å². The van der Waals surface area contributed by atoms with E-state index < -0.39 is 0 Å². The second kappa shape index (κ2) is 7.10. The molecular formula is C19H29BO3. The van der Waals surface area contributed by atoms with Gasteiger partial charge < -0.3 is 14.4 Å². The highest BCUT2D eigenvalue weighted by molar-refractivity contribution is 6.51. The number of aryl methyl sites for hydroxylation is 1. The smallest absolute Gasteiger partial charge is 0.486 e. The number of rotatable bonds is 6. The Morgan fingerprint density at radius 2 is 1.65 bits per heavy atom. The van der Waals surface area contributed by atoms with Crippen molar-refractivity contribution < 1.29 is 14.4 Å². The summed E-state index contributed by atoms with van der Waals surface area (Å²) in [4.78, 5) is 0. The van der Waals surface area contributed by atoms with Crippen LogP contribution >= 0.6 is 0 Å². The second-order valence-corrected chi connectivity index (χ2v) is 7.60. The average molecular weight is 316 g/mol. The summed E-state index contributed by atoms with van der Waals surface area (Å²) in [5.74, 6) is 2.96. The van der Waals surface area contributed by atoms with E-state index in [1.54, 1.807) is 12.1 Å². The highest BCUT2D eigenvalue weighted by Gasteiger charge is 2.49. The highest BCUT2D eigenvalue weighted by Crippen LogP contribution is 2.36. The van der Waals surface area contributed by atoms with Gasteiger partial charge >= 0.3 is 7.12 Å². The van der Waals surface area contributed by atoms with Gasteiger partial charge in [-0.3, -0.25) is 0 Å². The summed E-state index contributed by atoms with van der Waals surface area (Å²) in [6, 6.07) is 7.47. The molecule has 1 saturated heterocycles. The summed E-state index contributed by atoms with van der Waals surface area (Å²) in [7, 11) is -0.246. The molecule has 0 aromatic heterocycles. The lowest BCUT2D eigenvalue weighted by Gasteiger charge is -2.32. The van der Waals surface area contributed by atoms with Crippen LogP contribution in [0.15, 0.2) is 36.3 Å². The molecule has 23 heavy (non-hydrogen) atoms. The maximum absolute atomic E-state index is 9.29. The maximum atomic E-state index is 9.29. The summed E-state index contributed by atoms with van der Waals surface area (Å²) in [5, 5.41) is 9.29. The minimum absolute atomic E-state index is 0.246. The Labute approximate surface area is 140 Å². The highest BCUT2D eigenvalue weighted by atomic mass is 16.7. The Hall–Kier alpha value is -1.26. The number of phenols is 1. The molecule has 126 valence electrons. The lowest BCUT2D eigenvalue weighted by atomic mass is 9.88. The molecule has 1 aliphatic heterocycles. The fraction of sp³-hybridized carbons (Fsp3) is 0.579. The molecule has 1 unspecified atom stereocenters. The van der Waals surface area contributed by atoms with E-state index in [1.807, 2.05) is 18.1 Å². The van der Waals surface area contributed by atoms with Gasteiger partial charge in [-0.15, -0.1) is 0 Å². The second-order valence-electron chi connectivity index (χ2n) is 7.60. The minimum atomic E-state index is -0.271. The van der Waals surface area contributed by atoms with Crippen molar-refractivity contribution in [1.29, 1.82) is 0 Å². The Bertz CT molecular complexity index is 518. The number of benzene rings is 1. The molecule has 1 N–H and O–H groups in total. The molecule has 1 aromatic carbocycles. The molecule has 0 aliphatic carbocycles. The van der Waals surface area contributed by atoms with Gasteiger partial charge in [0, 0.05) is 0 Å². The van der Waals surface area contributed by atoms with Crippen LogP contribution in [0.4, 0.5) is 0 Å². The SMILES string of the molecule is CC(C/C=C/B1OC(C)(C)C(C)(C)O1)CCc1ccc(O)cc1. The molecule has 0 radical (unpaired) electrons. The van der Waals surface area contributed by atoms with E-state index >= 15 is 0 Å². The summed E-state index contributed by atoms with van der Waals surface area (Å²) in [5.41, 5.74) is 0.725. The van der Waals surface area contributed by atoms with Gasteiger partial charge in [0.2, 0.25) is 0 Å². The van der Waals surface area contributed by atoms with Crippen LogP contribution in [0, 0.1) is 5.92 Å². The van der Waals surface area contributed by atoms with E-state index in [4.69, 9.17) is 9.31 Å². The predicted octanol–water partition coefficient (Wildman–Crippen LogP) is 4.54. The van der Waals surface area contributed by atoms with Crippen molar-refractivity contribution in [3.8, 4) is 5.75 Å². The first-order valence-electron chi connectivity index (χ1n) is 8.50. The molecule has 2 rings (SSSR count). The molecule has 3 nitrogen and oxygen atoms in total. The molecule has 0 spiro atoms. The van der Waals surface area contributed by atoms with Crippen molar-refractivity contribution in [2.24, 2.45) is 5.92 Å². The van der Waals surface area contributed by atoms with Crippen LogP contribution < -0.4 is 0 Å². The Kier molecular flexibility index (Phi) is 5.59. The third-order valence-corrected chi connectivity index (χ3v) is 4.97. The van der Waals surface area contributed by atoms with Crippen LogP contribution in [0.3, 0.4) is 0 Å². The van der Waals surface area contributed by atoms with Crippen LogP contribution in [-0.2, 0) is 15.7 Å². The molecule has 4 heteroatoms. The van der Waals surface area contributed by atoms with Gasteiger partial charge in [-0.05, 0) is 70.6 Å². The van der Waals surface area contributed by atoms with Crippen LogP contribution in [0.1, 0.15) is 53.0 Å². The first kappa shape index (κ1) is 18.1. The molecule has 0 saturated carbocycles. The number of phenolic OH excluding ortho intramolecular Hbond substituents is 1. The third-order valence-electron chi connectivity index (χ3n) is 4.97. The maximum Gasteiger partial charge on any atom is 0.486 e. The van der Waals surface area contributed by atoms with Crippen molar-refractivity contribution in [3.63, 3.8) is 0 Å². The lowest BCUT2D eigenvalue weighted by molar-refractivity contribution is 0.00578. The molecule has 1 aliphatic rings. The van der Waals surface area contributed by atoms with Crippen LogP contribution in [0.2, 0.25) is 0 Å². The van der Waals surface area contributed by atoms with Crippen molar-refractivity contribution >= 4 is 7.12 Å². The van der Waals surface area contributed by atoms with Crippen molar-refractivity contribution in [2.45, 2.75) is 65.1 Å². The Morgan fingerprint density at radius 1 is 1.09 bits per heavy atom. The minimum Gasteiger partial charge on any atom is -0.508 e. The fourth-order valence-corrected chi connectivity index (χ4v) is 2.58. The zero-order chi connectivity index (χ0) is 17.1. The molecule has 0 bridgehead atoms. The largest absolute Gasteiger partial charge is 0.508 e. The van der Waals surface area contributed by atoms with Gasteiger partial charge in [-0.25, -0.2) is 0 Å².